The van der Waals surface area contributed by atoms with Crippen LogP contribution < -0.4 is 10.5 Å². The number of primary sulfonamides is 1. The lowest BCUT2D eigenvalue weighted by atomic mass is 10.1. The lowest BCUT2D eigenvalue weighted by Gasteiger charge is -2.05. The summed E-state index contributed by atoms with van der Waals surface area (Å²) in [7, 11) is -3.83. The average molecular weight is 345 g/mol. The minimum Gasteiger partial charge on any atom is -0.321 e. The minimum absolute atomic E-state index is 0.105. The fourth-order valence-electron chi connectivity index (χ4n) is 1.82. The number of nitrogens with two attached hydrogens (primary N) is 1. The molecule has 0 radical (unpaired) electrons. The first-order chi connectivity index (χ1) is 11.3. The zero-order chi connectivity index (χ0) is 17.7. The van der Waals surface area contributed by atoms with Gasteiger partial charge in [0, 0.05) is 11.3 Å². The summed E-state index contributed by atoms with van der Waals surface area (Å²) in [6.07, 6.45) is 1.13. The van der Waals surface area contributed by atoms with Gasteiger partial charge in [-0.3, -0.25) is 4.79 Å². The molecule has 0 saturated heterocycles. The third-order valence-electron chi connectivity index (χ3n) is 3.01. The van der Waals surface area contributed by atoms with E-state index in [9.17, 15) is 17.6 Å². The number of nitrogens with one attached hydrogen (secondary N) is 1. The van der Waals surface area contributed by atoms with E-state index in [1.54, 1.807) is 12.1 Å². The molecule has 0 heterocycles. The van der Waals surface area contributed by atoms with Crippen molar-refractivity contribution in [3.05, 3.63) is 65.5 Å². The predicted molar refractivity (Wildman–Crippen MR) is 86.4 cm³/mol. The molecule has 2 rings (SSSR count). The van der Waals surface area contributed by atoms with E-state index in [4.69, 9.17) is 10.4 Å². The second kappa shape index (κ2) is 7.04. The number of hydrogen-bond donors (Lipinski definition) is 2. The number of carbonyl (C=O) groups is 1. The van der Waals surface area contributed by atoms with Gasteiger partial charge in [0.2, 0.25) is 10.0 Å². The van der Waals surface area contributed by atoms with Gasteiger partial charge in [-0.1, -0.05) is 18.2 Å². The first-order valence-electron chi connectivity index (χ1n) is 6.62. The molecule has 0 aliphatic rings. The highest BCUT2D eigenvalue weighted by atomic mass is 32.2. The van der Waals surface area contributed by atoms with Crippen LogP contribution in [0.2, 0.25) is 0 Å². The molecule has 2 aromatic carbocycles. The average Bonchev–Trinajstić information content (AvgIpc) is 2.53. The van der Waals surface area contributed by atoms with Crippen molar-refractivity contribution in [3.63, 3.8) is 0 Å². The molecule has 3 N–H and O–H groups in total. The molecule has 0 saturated carbocycles. The van der Waals surface area contributed by atoms with Gasteiger partial charge in [0.25, 0.3) is 5.91 Å². The van der Waals surface area contributed by atoms with E-state index < -0.39 is 21.7 Å². The van der Waals surface area contributed by atoms with Crippen molar-refractivity contribution < 1.29 is 17.6 Å². The molecule has 0 aromatic heterocycles. The van der Waals surface area contributed by atoms with Gasteiger partial charge < -0.3 is 5.32 Å². The van der Waals surface area contributed by atoms with Crippen molar-refractivity contribution in [3.8, 4) is 6.07 Å². The van der Waals surface area contributed by atoms with Crippen LogP contribution in [0.15, 0.2) is 59.0 Å². The van der Waals surface area contributed by atoms with Crippen molar-refractivity contribution in [1.82, 2.24) is 0 Å². The van der Waals surface area contributed by atoms with Crippen LogP contribution in [0.3, 0.4) is 0 Å². The van der Waals surface area contributed by atoms with E-state index in [0.29, 0.717) is 0 Å². The van der Waals surface area contributed by atoms with E-state index in [1.807, 2.05) is 0 Å². The number of hydrogen-bond acceptors (Lipinski definition) is 4. The van der Waals surface area contributed by atoms with Crippen molar-refractivity contribution >= 4 is 27.7 Å². The van der Waals surface area contributed by atoms with Crippen molar-refractivity contribution in [2.75, 3.05) is 5.32 Å². The number of carbonyl (C=O) groups excluding carboxylic acids is 1. The molecule has 1 amide bonds. The summed E-state index contributed by atoms with van der Waals surface area (Å²) in [5, 5.41) is 16.5. The van der Waals surface area contributed by atoms with Crippen LogP contribution in [-0.4, -0.2) is 14.3 Å². The van der Waals surface area contributed by atoms with Crippen LogP contribution >= 0.6 is 0 Å². The van der Waals surface area contributed by atoms with Gasteiger partial charge in [-0.05, 0) is 36.4 Å². The van der Waals surface area contributed by atoms with E-state index >= 15 is 0 Å². The van der Waals surface area contributed by atoms with Gasteiger partial charge in [-0.25, -0.2) is 17.9 Å². The van der Waals surface area contributed by atoms with E-state index in [-0.39, 0.29) is 21.7 Å². The van der Waals surface area contributed by atoms with Gasteiger partial charge >= 0.3 is 0 Å². The van der Waals surface area contributed by atoms with Crippen LogP contribution in [0.4, 0.5) is 10.1 Å². The number of nitriles is 1. The third kappa shape index (κ3) is 4.25. The Morgan fingerprint density at radius 3 is 2.33 bits per heavy atom. The lowest BCUT2D eigenvalue weighted by molar-refractivity contribution is -0.112. The molecule has 6 nitrogen and oxygen atoms in total. The van der Waals surface area contributed by atoms with E-state index in [2.05, 4.69) is 5.32 Å². The van der Waals surface area contributed by atoms with Crippen molar-refractivity contribution in [2.45, 2.75) is 4.90 Å². The Balaban J connectivity index is 2.22. The van der Waals surface area contributed by atoms with Gasteiger partial charge in [0.15, 0.2) is 0 Å². The predicted octanol–water partition coefficient (Wildman–Crippen LogP) is 2.02. The number of sulfonamides is 1. The maximum absolute atomic E-state index is 13.6. The Kier molecular flexibility index (Phi) is 5.08. The Bertz CT molecular complexity index is 945. The number of benzene rings is 2. The molecule has 122 valence electrons. The number of anilines is 1. The Labute approximate surface area is 138 Å². The van der Waals surface area contributed by atoms with E-state index in [0.717, 1.165) is 6.08 Å². The highest BCUT2D eigenvalue weighted by molar-refractivity contribution is 7.89. The van der Waals surface area contributed by atoms with Crippen LogP contribution in [0.5, 0.6) is 0 Å². The first-order valence-corrected chi connectivity index (χ1v) is 8.16. The molecular formula is C16H12FN3O3S. The SMILES string of the molecule is N#CC(=Cc1ccccc1F)C(=O)Nc1ccc(S(N)(=O)=O)cc1. The minimum atomic E-state index is -3.83. The monoisotopic (exact) mass is 345 g/mol. The molecule has 0 atom stereocenters. The largest absolute Gasteiger partial charge is 0.321 e. The highest BCUT2D eigenvalue weighted by Gasteiger charge is 2.12. The maximum atomic E-state index is 13.6. The summed E-state index contributed by atoms with van der Waals surface area (Å²) in [4.78, 5) is 12.0. The fourth-order valence-corrected chi connectivity index (χ4v) is 2.34. The quantitative estimate of drug-likeness (QED) is 0.652. The van der Waals surface area contributed by atoms with Gasteiger partial charge in [0.1, 0.15) is 17.5 Å². The number of nitrogens with zero attached hydrogens (tertiary/aromatic N) is 1. The molecule has 0 aliphatic heterocycles. The first kappa shape index (κ1) is 17.3. The lowest BCUT2D eigenvalue weighted by Crippen LogP contribution is -2.14. The van der Waals surface area contributed by atoms with Gasteiger partial charge in [-0.2, -0.15) is 5.26 Å². The normalized spacial score (nSPS) is 11.6. The Morgan fingerprint density at radius 2 is 1.79 bits per heavy atom. The topological polar surface area (TPSA) is 113 Å². The summed E-state index contributed by atoms with van der Waals surface area (Å²) in [5.74, 6) is -1.31. The molecular weight excluding hydrogens is 333 g/mol. The van der Waals surface area contributed by atoms with Crippen LogP contribution in [0.1, 0.15) is 5.56 Å². The molecule has 8 heteroatoms. The Morgan fingerprint density at radius 1 is 1.17 bits per heavy atom. The second-order valence-electron chi connectivity index (χ2n) is 4.71. The van der Waals surface area contributed by atoms with Crippen molar-refractivity contribution in [2.24, 2.45) is 5.14 Å². The smallest absolute Gasteiger partial charge is 0.266 e. The van der Waals surface area contributed by atoms with Crippen LogP contribution in [0.25, 0.3) is 6.08 Å². The van der Waals surface area contributed by atoms with Gasteiger partial charge in [0.05, 0.1) is 4.90 Å². The zero-order valence-corrected chi connectivity index (χ0v) is 13.0. The number of rotatable bonds is 4. The summed E-state index contributed by atoms with van der Waals surface area (Å²) in [6, 6.07) is 12.5. The van der Waals surface area contributed by atoms with Crippen LogP contribution in [-0.2, 0) is 14.8 Å². The molecule has 0 unspecified atom stereocenters. The molecule has 0 fully saturated rings. The van der Waals surface area contributed by atoms with Crippen molar-refractivity contribution in [1.29, 1.82) is 5.26 Å². The molecule has 24 heavy (non-hydrogen) atoms. The number of halogens is 1. The Hall–Kier alpha value is -3.02. The molecule has 0 spiro atoms. The molecule has 2 aromatic rings. The van der Waals surface area contributed by atoms with E-state index in [1.165, 1.54) is 42.5 Å². The maximum Gasteiger partial charge on any atom is 0.266 e. The molecule has 0 aliphatic carbocycles. The summed E-state index contributed by atoms with van der Waals surface area (Å²) in [5.41, 5.74) is 0.0754. The third-order valence-corrected chi connectivity index (χ3v) is 3.94. The standard InChI is InChI=1S/C16H12FN3O3S/c17-15-4-2-1-3-11(15)9-12(10-18)16(21)20-13-5-7-14(8-6-13)24(19,22)23/h1-9H,(H,20,21)(H2,19,22,23). The fraction of sp³-hybridized carbons (Fsp3) is 0. The zero-order valence-electron chi connectivity index (χ0n) is 12.2. The summed E-state index contributed by atoms with van der Waals surface area (Å²) < 4.78 is 35.9. The highest BCUT2D eigenvalue weighted by Crippen LogP contribution is 2.15. The summed E-state index contributed by atoms with van der Waals surface area (Å²) in [6.45, 7) is 0. The second-order valence-corrected chi connectivity index (χ2v) is 6.28. The van der Waals surface area contributed by atoms with Gasteiger partial charge in [-0.15, -0.1) is 0 Å². The number of amides is 1. The van der Waals surface area contributed by atoms with Crippen LogP contribution in [0, 0.1) is 17.1 Å². The molecule has 0 bridgehead atoms. The summed E-state index contributed by atoms with van der Waals surface area (Å²) >= 11 is 0.